The molecule has 0 saturated carbocycles. The Balaban J connectivity index is 2.06. The first kappa shape index (κ1) is 13.1. The fraction of sp³-hybridized carbons (Fsp3) is 0.308. The van der Waals surface area contributed by atoms with E-state index in [4.69, 9.17) is 5.73 Å². The second-order valence-corrected chi connectivity index (χ2v) is 4.15. The van der Waals surface area contributed by atoms with E-state index < -0.39 is 0 Å². The van der Waals surface area contributed by atoms with Gasteiger partial charge in [0.2, 0.25) is 5.95 Å². The molecule has 0 aliphatic carbocycles. The van der Waals surface area contributed by atoms with Crippen LogP contribution in [-0.4, -0.2) is 21.5 Å². The first-order chi connectivity index (χ1) is 9.17. The Hall–Kier alpha value is -2.37. The molecule has 0 atom stereocenters. The molecule has 2 aromatic rings. The predicted molar refractivity (Wildman–Crippen MR) is 76.9 cm³/mol. The molecule has 0 spiro atoms. The van der Waals surface area contributed by atoms with Gasteiger partial charge in [-0.05, 0) is 26.0 Å². The predicted octanol–water partition coefficient (Wildman–Crippen LogP) is 1.81. The summed E-state index contributed by atoms with van der Waals surface area (Å²) in [5, 5.41) is 6.30. The molecule has 6 nitrogen and oxygen atoms in total. The molecule has 2 aromatic heterocycles. The Bertz CT molecular complexity index is 555. The van der Waals surface area contributed by atoms with E-state index in [1.165, 1.54) is 0 Å². The zero-order valence-electron chi connectivity index (χ0n) is 11.1. The number of nitrogens with two attached hydrogens (primary N) is 1. The van der Waals surface area contributed by atoms with Gasteiger partial charge in [0.1, 0.15) is 11.6 Å². The highest BCUT2D eigenvalue weighted by molar-refractivity contribution is 5.51. The van der Waals surface area contributed by atoms with E-state index in [9.17, 15) is 0 Å². The second kappa shape index (κ2) is 5.99. The van der Waals surface area contributed by atoms with Crippen LogP contribution in [0.1, 0.15) is 18.3 Å². The molecule has 0 saturated heterocycles. The standard InChI is InChI=1S/C13H18N6/c1-3-15-11-7-12(19-13(14)18-11)16-8-10-6-4-5-9(2)17-10/h4-7H,3,8H2,1-2H3,(H4,14,15,16,18,19). The summed E-state index contributed by atoms with van der Waals surface area (Å²) in [4.78, 5) is 12.7. The molecule has 2 heterocycles. The minimum Gasteiger partial charge on any atom is -0.370 e. The zero-order valence-corrected chi connectivity index (χ0v) is 11.1. The molecule has 0 unspecified atom stereocenters. The monoisotopic (exact) mass is 258 g/mol. The number of nitrogens with one attached hydrogen (secondary N) is 2. The van der Waals surface area contributed by atoms with Crippen molar-refractivity contribution in [3.63, 3.8) is 0 Å². The largest absolute Gasteiger partial charge is 0.370 e. The number of aromatic nitrogens is 3. The normalized spacial score (nSPS) is 10.2. The van der Waals surface area contributed by atoms with Crippen molar-refractivity contribution in [3.8, 4) is 0 Å². The van der Waals surface area contributed by atoms with Crippen molar-refractivity contribution in [2.24, 2.45) is 0 Å². The van der Waals surface area contributed by atoms with Crippen molar-refractivity contribution in [2.45, 2.75) is 20.4 Å². The quantitative estimate of drug-likeness (QED) is 0.758. The Morgan fingerprint density at radius 3 is 2.53 bits per heavy atom. The van der Waals surface area contributed by atoms with Crippen LogP contribution in [-0.2, 0) is 6.54 Å². The molecule has 0 aliphatic heterocycles. The second-order valence-electron chi connectivity index (χ2n) is 4.15. The lowest BCUT2D eigenvalue weighted by Gasteiger charge is -2.09. The number of nitrogen functional groups attached to an aromatic ring is 1. The van der Waals surface area contributed by atoms with Gasteiger partial charge in [0.05, 0.1) is 12.2 Å². The number of hydrogen-bond acceptors (Lipinski definition) is 6. The number of rotatable bonds is 5. The average molecular weight is 258 g/mol. The summed E-state index contributed by atoms with van der Waals surface area (Å²) >= 11 is 0. The van der Waals surface area contributed by atoms with E-state index in [2.05, 4.69) is 25.6 Å². The summed E-state index contributed by atoms with van der Waals surface area (Å²) in [5.74, 6) is 1.65. The van der Waals surface area contributed by atoms with Gasteiger partial charge in [-0.25, -0.2) is 0 Å². The lowest BCUT2D eigenvalue weighted by molar-refractivity contribution is 0.998. The lowest BCUT2D eigenvalue weighted by atomic mass is 10.3. The molecule has 2 rings (SSSR count). The van der Waals surface area contributed by atoms with Crippen molar-refractivity contribution in [3.05, 3.63) is 35.7 Å². The Morgan fingerprint density at radius 2 is 1.84 bits per heavy atom. The Morgan fingerprint density at radius 1 is 1.11 bits per heavy atom. The first-order valence-corrected chi connectivity index (χ1v) is 6.22. The van der Waals surface area contributed by atoms with Crippen LogP contribution in [0.4, 0.5) is 17.6 Å². The Labute approximate surface area is 112 Å². The number of anilines is 3. The van der Waals surface area contributed by atoms with Gasteiger partial charge in [-0.3, -0.25) is 4.98 Å². The van der Waals surface area contributed by atoms with E-state index in [1.54, 1.807) is 0 Å². The molecule has 100 valence electrons. The van der Waals surface area contributed by atoms with Crippen LogP contribution in [0, 0.1) is 6.92 Å². The van der Waals surface area contributed by atoms with Gasteiger partial charge in [0.15, 0.2) is 0 Å². The zero-order chi connectivity index (χ0) is 13.7. The van der Waals surface area contributed by atoms with E-state index in [-0.39, 0.29) is 5.95 Å². The molecule has 0 bridgehead atoms. The summed E-state index contributed by atoms with van der Waals surface area (Å²) in [7, 11) is 0. The van der Waals surface area contributed by atoms with Crippen LogP contribution >= 0.6 is 0 Å². The fourth-order valence-corrected chi connectivity index (χ4v) is 1.71. The average Bonchev–Trinajstić information content (AvgIpc) is 2.36. The summed E-state index contributed by atoms with van der Waals surface area (Å²) < 4.78 is 0. The fourth-order valence-electron chi connectivity index (χ4n) is 1.71. The van der Waals surface area contributed by atoms with Gasteiger partial charge in [-0.2, -0.15) is 9.97 Å². The topological polar surface area (TPSA) is 88.8 Å². The molecule has 0 fully saturated rings. The molecule has 19 heavy (non-hydrogen) atoms. The third-order valence-electron chi connectivity index (χ3n) is 2.50. The third-order valence-corrected chi connectivity index (χ3v) is 2.50. The van der Waals surface area contributed by atoms with Gasteiger partial charge >= 0.3 is 0 Å². The van der Waals surface area contributed by atoms with Crippen molar-refractivity contribution in [2.75, 3.05) is 22.9 Å². The lowest BCUT2D eigenvalue weighted by Crippen LogP contribution is -2.08. The summed E-state index contributed by atoms with van der Waals surface area (Å²) in [6.07, 6.45) is 0. The van der Waals surface area contributed by atoms with Crippen LogP contribution in [0.2, 0.25) is 0 Å². The maximum absolute atomic E-state index is 5.66. The van der Waals surface area contributed by atoms with E-state index in [0.717, 1.165) is 23.8 Å². The molecule has 4 N–H and O–H groups in total. The van der Waals surface area contributed by atoms with E-state index in [0.29, 0.717) is 12.4 Å². The van der Waals surface area contributed by atoms with Crippen LogP contribution in [0.25, 0.3) is 0 Å². The summed E-state index contributed by atoms with van der Waals surface area (Å²) in [6, 6.07) is 7.75. The van der Waals surface area contributed by atoms with Crippen molar-refractivity contribution in [1.82, 2.24) is 15.0 Å². The molecular weight excluding hydrogens is 240 g/mol. The molecular formula is C13H18N6. The van der Waals surface area contributed by atoms with Crippen LogP contribution in [0.3, 0.4) is 0 Å². The van der Waals surface area contributed by atoms with Crippen LogP contribution in [0.5, 0.6) is 0 Å². The van der Waals surface area contributed by atoms with E-state index >= 15 is 0 Å². The number of hydrogen-bond donors (Lipinski definition) is 3. The highest BCUT2D eigenvalue weighted by atomic mass is 15.1. The minimum absolute atomic E-state index is 0.248. The summed E-state index contributed by atoms with van der Waals surface area (Å²) in [5.41, 5.74) is 7.62. The van der Waals surface area contributed by atoms with Gasteiger partial charge in [0.25, 0.3) is 0 Å². The maximum Gasteiger partial charge on any atom is 0.223 e. The van der Waals surface area contributed by atoms with Crippen molar-refractivity contribution >= 4 is 17.6 Å². The minimum atomic E-state index is 0.248. The summed E-state index contributed by atoms with van der Waals surface area (Å²) in [6.45, 7) is 5.36. The third kappa shape index (κ3) is 3.80. The molecule has 0 amide bonds. The van der Waals surface area contributed by atoms with Gasteiger partial charge in [0, 0.05) is 18.3 Å². The maximum atomic E-state index is 5.66. The molecule has 0 aromatic carbocycles. The van der Waals surface area contributed by atoms with Crippen LogP contribution in [0.15, 0.2) is 24.3 Å². The number of aryl methyl sites for hydroxylation is 1. The smallest absolute Gasteiger partial charge is 0.223 e. The van der Waals surface area contributed by atoms with E-state index in [1.807, 2.05) is 38.1 Å². The first-order valence-electron chi connectivity index (χ1n) is 6.22. The van der Waals surface area contributed by atoms with Gasteiger partial charge in [-0.15, -0.1) is 0 Å². The molecule has 6 heteroatoms. The highest BCUT2D eigenvalue weighted by Crippen LogP contribution is 2.13. The Kier molecular flexibility index (Phi) is 4.12. The van der Waals surface area contributed by atoms with Crippen molar-refractivity contribution < 1.29 is 0 Å². The van der Waals surface area contributed by atoms with Gasteiger partial charge < -0.3 is 16.4 Å². The SMILES string of the molecule is CCNc1cc(NCc2cccc(C)n2)nc(N)n1. The highest BCUT2D eigenvalue weighted by Gasteiger charge is 2.02. The number of pyridine rings is 1. The molecule has 0 radical (unpaired) electrons. The van der Waals surface area contributed by atoms with Crippen LogP contribution < -0.4 is 16.4 Å². The number of nitrogens with zero attached hydrogens (tertiary/aromatic N) is 3. The van der Waals surface area contributed by atoms with Gasteiger partial charge in [-0.1, -0.05) is 6.07 Å². The van der Waals surface area contributed by atoms with Crippen molar-refractivity contribution in [1.29, 1.82) is 0 Å². The molecule has 0 aliphatic rings.